The van der Waals surface area contributed by atoms with Gasteiger partial charge in [0.05, 0.1) is 19.6 Å². The van der Waals surface area contributed by atoms with Crippen LogP contribution in [-0.4, -0.2) is 83.3 Å². The van der Waals surface area contributed by atoms with Gasteiger partial charge < -0.3 is 68.5 Å². The molecule has 128 heavy (non-hydrogen) atoms. The van der Waals surface area contributed by atoms with Gasteiger partial charge in [0.15, 0.2) is 0 Å². The van der Waals surface area contributed by atoms with Crippen LogP contribution in [0.2, 0.25) is 0 Å². The molecule has 0 bridgehead atoms. The largest absolute Gasteiger partial charge is 0.457 e. The van der Waals surface area contributed by atoms with Gasteiger partial charge in [-0.05, 0) is 467 Å². The summed E-state index contributed by atoms with van der Waals surface area (Å²) in [5, 5.41) is 41.0. The lowest BCUT2D eigenvalue weighted by molar-refractivity contribution is 0.482. The highest BCUT2D eigenvalue weighted by Gasteiger charge is 2.24. The summed E-state index contributed by atoms with van der Waals surface area (Å²) < 4.78 is 57.5. The minimum Gasteiger partial charge on any atom is -0.457 e. The van der Waals surface area contributed by atoms with Gasteiger partial charge in [-0.3, -0.25) is 0 Å². The van der Waals surface area contributed by atoms with Crippen molar-refractivity contribution in [2.75, 3.05) is 63.8 Å². The highest BCUT2D eigenvalue weighted by Crippen LogP contribution is 2.33. The molecule has 700 valence electrons. The molecule has 0 fully saturated rings. The third-order valence-corrected chi connectivity index (χ3v) is 20.4. The van der Waals surface area contributed by atoms with Crippen molar-refractivity contribution < 1.29 is 21.6 Å². The molecule has 0 aliphatic carbocycles. The van der Waals surface area contributed by atoms with E-state index in [9.17, 15) is 16.8 Å². The molecule has 10 aromatic rings. The maximum Gasteiger partial charge on any atom is 0.206 e. The lowest BCUT2D eigenvalue weighted by atomic mass is 10.0. The summed E-state index contributed by atoms with van der Waals surface area (Å²) in [7, 11) is -7.09. The highest BCUT2D eigenvalue weighted by atomic mass is 32.2. The summed E-state index contributed by atoms with van der Waals surface area (Å²) in [5.41, 5.74) is 15.5. The quantitative estimate of drug-likeness (QED) is 0.0341. The van der Waals surface area contributed by atoms with Crippen LogP contribution in [0.3, 0.4) is 0 Å². The average molecular weight is 1780 g/mol. The predicted molar refractivity (Wildman–Crippen MR) is 559 cm³/mol. The van der Waals surface area contributed by atoms with E-state index in [1.54, 1.807) is 84.9 Å². The van der Waals surface area contributed by atoms with Crippen LogP contribution in [0.15, 0.2) is 262 Å². The van der Waals surface area contributed by atoms with E-state index >= 15 is 0 Å². The van der Waals surface area contributed by atoms with E-state index in [1.165, 1.54) is 22.5 Å². The van der Waals surface area contributed by atoms with E-state index < -0.39 is 19.7 Å². The molecule has 0 spiro atoms. The van der Waals surface area contributed by atoms with Crippen LogP contribution in [0.5, 0.6) is 11.5 Å². The molecule has 0 saturated carbocycles. The summed E-state index contributed by atoms with van der Waals surface area (Å²) >= 11 is 0. The molecule has 0 aliphatic heterocycles. The Hall–Kier alpha value is -10.5. The zero-order chi connectivity index (χ0) is 96.7. The number of hydrogen-bond acceptors (Lipinski definition) is 17. The maximum absolute atomic E-state index is 13.0. The Kier molecular flexibility index (Phi) is 37.3. The second-order valence-corrected chi connectivity index (χ2v) is 49.4. The molecule has 0 atom stereocenters. The monoisotopic (exact) mass is 1780 g/mol. The molecule has 17 nitrogen and oxygen atoms in total. The zero-order valence-corrected chi connectivity index (χ0v) is 86.3. The first-order valence-corrected chi connectivity index (χ1v) is 47.8. The van der Waals surface area contributed by atoms with Crippen molar-refractivity contribution in [3.05, 3.63) is 254 Å². The first-order chi connectivity index (χ1) is 58.3. The van der Waals surface area contributed by atoms with E-state index in [-0.39, 0.29) is 76.3 Å². The molecule has 19 heteroatoms. The molecular weight excluding hydrogens is 1620 g/mol. The summed E-state index contributed by atoms with van der Waals surface area (Å²) in [5.74, 6) is 1.67. The number of ether oxygens (including phenoxy) is 1. The van der Waals surface area contributed by atoms with E-state index in [4.69, 9.17) is 4.74 Å². The fraction of sp³-hybridized carbons (Fsp3) is 0.450. The van der Waals surface area contributed by atoms with Crippen molar-refractivity contribution in [1.29, 1.82) is 0 Å². The van der Waals surface area contributed by atoms with Crippen LogP contribution in [-0.2, 0) is 26.1 Å². The Balaban J connectivity index is 0.000000274. The minimum absolute atomic E-state index is 0.0538. The van der Waals surface area contributed by atoms with Gasteiger partial charge in [-0.2, -0.15) is 0 Å². The van der Waals surface area contributed by atoms with Gasteiger partial charge >= 0.3 is 0 Å². The Morgan fingerprint density at radius 2 is 0.336 bits per heavy atom. The van der Waals surface area contributed by atoms with Gasteiger partial charge in [-0.25, -0.2) is 16.8 Å². The Bertz CT molecular complexity index is 4810. The zero-order valence-electron chi connectivity index (χ0n) is 84.7. The van der Waals surface area contributed by atoms with Crippen molar-refractivity contribution in [2.24, 2.45) is 0 Å². The average Bonchev–Trinajstić information content (AvgIpc) is 0.810. The predicted octanol–water partition coefficient (Wildman–Crippen LogP) is 29.7. The lowest BCUT2D eigenvalue weighted by Crippen LogP contribution is -2.27. The number of anilines is 12. The fourth-order valence-electron chi connectivity index (χ4n) is 12.7. The summed E-state index contributed by atoms with van der Waals surface area (Å²) in [6, 6.07) is 78.1. The Morgan fingerprint density at radius 3 is 0.539 bits per heavy atom. The van der Waals surface area contributed by atoms with Gasteiger partial charge in [0.25, 0.3) is 0 Å². The van der Waals surface area contributed by atoms with Gasteiger partial charge in [-0.15, -0.1) is 0 Å². The van der Waals surface area contributed by atoms with Gasteiger partial charge in [0.2, 0.25) is 19.7 Å². The van der Waals surface area contributed by atoms with E-state index in [2.05, 4.69) is 369 Å². The van der Waals surface area contributed by atoms with Crippen LogP contribution in [0.25, 0.3) is 0 Å². The SMILES string of the molecule is CC(C)(C)Nc1ccc(Cc2ccc(NC(C)(C)C)cc2)cc1.CC(C)(C)Nc1ccc(NC(C)(C)C)cc1.CC(C)(C)Nc1ccc(Oc2ccc(NC(C)(C)C)cc2)cc1.CC(C)(C)Nc1ccc(S(=O)(=O)c2ccc(NC(C)(C)C)cc2)cc1.CC(C)(C)Nc1cccc(NC(C)(C)C)c1.CC(C)(C)Nc1cccc(S(=O)(=O)c2cccc(NC(C)(C)C)c2)c1. The molecule has 0 amide bonds. The number of hydrogen-bond donors (Lipinski definition) is 12. The lowest BCUT2D eigenvalue weighted by Gasteiger charge is -2.25. The fourth-order valence-corrected chi connectivity index (χ4v) is 15.3. The van der Waals surface area contributed by atoms with Crippen LogP contribution in [0.1, 0.15) is 260 Å². The van der Waals surface area contributed by atoms with Crippen LogP contribution in [0.4, 0.5) is 68.2 Å². The summed E-state index contributed by atoms with van der Waals surface area (Å²) in [6.07, 6.45) is 0.964. The van der Waals surface area contributed by atoms with Crippen LogP contribution >= 0.6 is 0 Å². The minimum atomic E-state index is -3.58. The molecule has 0 aliphatic rings. The maximum atomic E-state index is 13.0. The first-order valence-electron chi connectivity index (χ1n) is 44.8. The molecule has 0 heterocycles. The molecule has 0 aromatic heterocycles. The number of sulfone groups is 2. The molecule has 10 rings (SSSR count). The number of rotatable bonds is 20. The normalized spacial score (nSPS) is 12.4. The third-order valence-electron chi connectivity index (χ3n) is 16.9. The molecular formula is C109H162N12O5S2. The van der Waals surface area contributed by atoms with E-state index in [1.807, 2.05) is 102 Å². The third kappa shape index (κ3) is 46.0. The van der Waals surface area contributed by atoms with Gasteiger partial charge in [-0.1, -0.05) is 42.5 Å². The molecule has 10 aromatic carbocycles. The van der Waals surface area contributed by atoms with Gasteiger partial charge in [0, 0.05) is 135 Å². The smallest absolute Gasteiger partial charge is 0.206 e. The highest BCUT2D eigenvalue weighted by molar-refractivity contribution is 7.91. The summed E-state index contributed by atoms with van der Waals surface area (Å²) in [6.45, 7) is 76.4. The van der Waals surface area contributed by atoms with Gasteiger partial charge in [0.1, 0.15) is 11.5 Å². The van der Waals surface area contributed by atoms with Crippen molar-refractivity contribution in [1.82, 2.24) is 0 Å². The topological polar surface area (TPSA) is 222 Å². The standard InChI is InChI=1S/C21H30N2.2C20H28N2O2S.C20H28N2O.2C14H24N2/c1-20(2,3)22-18-11-7-16(8-12-18)15-17-9-13-19(14-10-17)23-21(4,5)6;1-19(2,3)21-15-7-11-17(12-8-15)25(23,24)18-13-9-16(10-14-18)22-20(4,5)6;1-19(2,3)21-15-9-7-11-17(13-15)25(23,24)18-12-8-10-16(14-18)22-20(4,5)6;1-19(2,3)21-15-7-11-17(12-8-15)23-18-13-9-16(10-14-18)22-20(4,5)6;1-13(2,3)15-11-7-9-12(10-8-11)16-14(4,5)6;1-13(2,3)15-11-8-7-9-12(10-11)16-14(4,5)6/h7-14,22-23H,15H2,1-6H3;2*7-14,21-22H,1-6H3;7-14,21-22H,1-6H3;2*7-10,15-16H,1-6H3. The Labute approximate surface area is 775 Å². The van der Waals surface area contributed by atoms with Crippen molar-refractivity contribution in [3.63, 3.8) is 0 Å². The molecule has 12 N–H and O–H groups in total. The summed E-state index contributed by atoms with van der Waals surface area (Å²) in [4.78, 5) is 1.16. The number of benzene rings is 10. The first kappa shape index (κ1) is 108. The second-order valence-electron chi connectivity index (χ2n) is 45.5. The van der Waals surface area contributed by atoms with Crippen LogP contribution < -0.4 is 68.5 Å². The second kappa shape index (κ2) is 44.2. The van der Waals surface area contributed by atoms with Crippen molar-refractivity contribution in [2.45, 2.75) is 342 Å². The molecule has 0 saturated heterocycles. The van der Waals surface area contributed by atoms with E-state index in [0.717, 1.165) is 74.8 Å². The van der Waals surface area contributed by atoms with E-state index in [0.29, 0.717) is 9.79 Å². The van der Waals surface area contributed by atoms with Crippen LogP contribution in [0, 0.1) is 0 Å². The molecule has 0 unspecified atom stereocenters. The number of nitrogens with one attached hydrogen (secondary N) is 12. The Morgan fingerprint density at radius 1 is 0.180 bits per heavy atom. The molecule has 0 radical (unpaired) electrons. The van der Waals surface area contributed by atoms with Crippen molar-refractivity contribution >= 4 is 87.9 Å². The van der Waals surface area contributed by atoms with Crippen molar-refractivity contribution in [3.8, 4) is 11.5 Å².